The Morgan fingerprint density at radius 3 is 3.06 bits per heavy atom. The molecular weight excluding hydrogens is 220 g/mol. The maximum Gasteiger partial charge on any atom is 0.338 e. The van der Waals surface area contributed by atoms with Crippen LogP contribution in [0.25, 0.3) is 10.9 Å². The average molecular weight is 230 g/mol. The summed E-state index contributed by atoms with van der Waals surface area (Å²) in [6.07, 6.45) is 1.74. The van der Waals surface area contributed by atoms with Crippen LogP contribution in [0.3, 0.4) is 0 Å². The van der Waals surface area contributed by atoms with E-state index in [0.29, 0.717) is 11.3 Å². The highest BCUT2D eigenvalue weighted by molar-refractivity contribution is 5.97. The van der Waals surface area contributed by atoms with Gasteiger partial charge in [-0.3, -0.25) is 0 Å². The molecule has 0 radical (unpaired) electrons. The second kappa shape index (κ2) is 4.58. The van der Waals surface area contributed by atoms with Crippen molar-refractivity contribution >= 4 is 16.9 Å². The van der Waals surface area contributed by atoms with Crippen molar-refractivity contribution in [3.63, 3.8) is 0 Å². The van der Waals surface area contributed by atoms with E-state index in [4.69, 9.17) is 10.00 Å². The molecule has 0 fully saturated rings. The Morgan fingerprint density at radius 1 is 1.53 bits per heavy atom. The molecule has 5 nitrogen and oxygen atoms in total. The van der Waals surface area contributed by atoms with Crippen molar-refractivity contribution in [1.82, 2.24) is 4.98 Å². The largest absolute Gasteiger partial charge is 0.477 e. The maximum absolute atomic E-state index is 11.5. The van der Waals surface area contributed by atoms with E-state index < -0.39 is 5.97 Å². The number of aromatic nitrogens is 1. The number of nitrogens with one attached hydrogen (secondary N) is 1. The topological polar surface area (TPSA) is 75.1 Å². The third kappa shape index (κ3) is 2.06. The summed E-state index contributed by atoms with van der Waals surface area (Å²) in [7, 11) is 1.32. The molecule has 1 N–H and O–H groups in total. The van der Waals surface area contributed by atoms with E-state index in [1.54, 1.807) is 18.3 Å². The molecule has 1 aromatic heterocycles. The number of hydrogen-bond donors (Lipinski definition) is 1. The fourth-order valence-electron chi connectivity index (χ4n) is 1.60. The molecule has 0 saturated carbocycles. The number of nitrogens with zero attached hydrogens (tertiary/aromatic N) is 1. The van der Waals surface area contributed by atoms with Crippen molar-refractivity contribution in [2.24, 2.45) is 0 Å². The summed E-state index contributed by atoms with van der Waals surface area (Å²) < 4.78 is 9.91. The first-order valence-corrected chi connectivity index (χ1v) is 4.95. The zero-order chi connectivity index (χ0) is 12.3. The lowest BCUT2D eigenvalue weighted by molar-refractivity contribution is 0.0600. The van der Waals surface area contributed by atoms with Crippen LogP contribution in [-0.2, 0) is 4.74 Å². The Labute approximate surface area is 97.6 Å². The number of methoxy groups -OCH3 is 1. The van der Waals surface area contributed by atoms with E-state index in [9.17, 15) is 4.79 Å². The quantitative estimate of drug-likeness (QED) is 0.816. The van der Waals surface area contributed by atoms with Gasteiger partial charge >= 0.3 is 5.97 Å². The van der Waals surface area contributed by atoms with Gasteiger partial charge in [0.2, 0.25) is 0 Å². The summed E-state index contributed by atoms with van der Waals surface area (Å²) in [4.78, 5) is 14.4. The zero-order valence-electron chi connectivity index (χ0n) is 9.19. The number of H-pyrrole nitrogens is 1. The Kier molecular flexibility index (Phi) is 2.97. The van der Waals surface area contributed by atoms with E-state index >= 15 is 0 Å². The number of benzene rings is 1. The van der Waals surface area contributed by atoms with Gasteiger partial charge in [-0.05, 0) is 18.2 Å². The van der Waals surface area contributed by atoms with Crippen LogP contribution < -0.4 is 4.74 Å². The normalized spacial score (nSPS) is 9.88. The van der Waals surface area contributed by atoms with Crippen LogP contribution in [0, 0.1) is 11.3 Å². The van der Waals surface area contributed by atoms with Gasteiger partial charge in [0, 0.05) is 11.6 Å². The number of fused-ring (bicyclic) bond motifs is 1. The summed E-state index contributed by atoms with van der Waals surface area (Å²) in [6.45, 7) is -0.0707. The average Bonchev–Trinajstić information content (AvgIpc) is 2.82. The van der Waals surface area contributed by atoms with Crippen molar-refractivity contribution in [3.8, 4) is 11.8 Å². The number of carbonyl (C=O) groups is 1. The standard InChI is InChI=1S/C12H10N2O3/c1-16-12(15)9-6-8-2-4-14-11(8)10(7-9)17-5-3-13/h2,4,6-7,14H,5H2,1H3. The minimum absolute atomic E-state index is 0.0707. The molecule has 86 valence electrons. The van der Waals surface area contributed by atoms with Crippen molar-refractivity contribution in [3.05, 3.63) is 30.0 Å². The lowest BCUT2D eigenvalue weighted by Crippen LogP contribution is -2.02. The molecular formula is C12H10N2O3. The van der Waals surface area contributed by atoms with Crippen LogP contribution in [0.15, 0.2) is 24.4 Å². The number of nitriles is 1. The number of esters is 1. The highest BCUT2D eigenvalue weighted by atomic mass is 16.5. The van der Waals surface area contributed by atoms with E-state index in [0.717, 1.165) is 10.9 Å². The molecule has 0 atom stereocenters. The second-order valence-electron chi connectivity index (χ2n) is 3.35. The molecule has 1 aromatic carbocycles. The maximum atomic E-state index is 11.5. The third-order valence-electron chi connectivity index (χ3n) is 2.34. The van der Waals surface area contributed by atoms with Gasteiger partial charge in [-0.2, -0.15) is 5.26 Å². The van der Waals surface area contributed by atoms with E-state index in [2.05, 4.69) is 9.72 Å². The van der Waals surface area contributed by atoms with Gasteiger partial charge in [-0.25, -0.2) is 4.79 Å². The minimum atomic E-state index is -0.435. The van der Waals surface area contributed by atoms with Crippen molar-refractivity contribution in [2.45, 2.75) is 0 Å². The summed E-state index contributed by atoms with van der Waals surface area (Å²) in [5.41, 5.74) is 1.15. The third-order valence-corrected chi connectivity index (χ3v) is 2.34. The lowest BCUT2D eigenvalue weighted by Gasteiger charge is -2.06. The molecule has 0 bridgehead atoms. The molecule has 0 aliphatic rings. The van der Waals surface area contributed by atoms with Crippen molar-refractivity contribution < 1.29 is 14.3 Å². The van der Waals surface area contributed by atoms with E-state index in [1.165, 1.54) is 7.11 Å². The second-order valence-corrected chi connectivity index (χ2v) is 3.35. The molecule has 17 heavy (non-hydrogen) atoms. The number of hydrogen-bond acceptors (Lipinski definition) is 4. The number of rotatable bonds is 3. The molecule has 2 aromatic rings. The van der Waals surface area contributed by atoms with Gasteiger partial charge in [0.25, 0.3) is 0 Å². The summed E-state index contributed by atoms with van der Waals surface area (Å²) >= 11 is 0. The van der Waals surface area contributed by atoms with Crippen LogP contribution in [0.5, 0.6) is 5.75 Å². The predicted octanol–water partition coefficient (Wildman–Crippen LogP) is 1.86. The first-order chi connectivity index (χ1) is 8.26. The van der Waals surface area contributed by atoms with Crippen molar-refractivity contribution in [1.29, 1.82) is 5.26 Å². The zero-order valence-corrected chi connectivity index (χ0v) is 9.19. The summed E-state index contributed by atoms with van der Waals surface area (Å²) in [5.74, 6) is 0.0318. The fourth-order valence-corrected chi connectivity index (χ4v) is 1.60. The molecule has 1 heterocycles. The van der Waals surface area contributed by atoms with E-state index in [-0.39, 0.29) is 6.61 Å². The van der Waals surface area contributed by atoms with Crippen LogP contribution >= 0.6 is 0 Å². The van der Waals surface area contributed by atoms with E-state index in [1.807, 2.05) is 12.1 Å². The fraction of sp³-hybridized carbons (Fsp3) is 0.167. The van der Waals surface area contributed by atoms with Gasteiger partial charge in [0.1, 0.15) is 11.8 Å². The van der Waals surface area contributed by atoms with Crippen LogP contribution in [0.2, 0.25) is 0 Å². The summed E-state index contributed by atoms with van der Waals surface area (Å²) in [5, 5.41) is 9.33. The number of carbonyl (C=O) groups excluding carboxylic acids is 1. The molecule has 0 aliphatic heterocycles. The Balaban J connectivity index is 2.51. The Hall–Kier alpha value is -2.48. The number of ether oxygens (including phenoxy) is 2. The Morgan fingerprint density at radius 2 is 2.35 bits per heavy atom. The molecule has 2 rings (SSSR count). The SMILES string of the molecule is COC(=O)c1cc(OCC#N)c2[nH]ccc2c1. The van der Waals surface area contributed by atoms with Gasteiger partial charge in [0.05, 0.1) is 18.2 Å². The molecule has 0 unspecified atom stereocenters. The van der Waals surface area contributed by atoms with Gasteiger partial charge in [0.15, 0.2) is 6.61 Å². The molecule has 0 spiro atoms. The minimum Gasteiger partial charge on any atom is -0.477 e. The van der Waals surface area contributed by atoms with Crippen LogP contribution in [0.1, 0.15) is 10.4 Å². The first-order valence-electron chi connectivity index (χ1n) is 4.95. The lowest BCUT2D eigenvalue weighted by atomic mass is 10.1. The Bertz CT molecular complexity index is 595. The molecule has 0 saturated heterocycles. The van der Waals surface area contributed by atoms with Gasteiger partial charge < -0.3 is 14.5 Å². The van der Waals surface area contributed by atoms with Gasteiger partial charge in [-0.15, -0.1) is 0 Å². The monoisotopic (exact) mass is 230 g/mol. The van der Waals surface area contributed by atoms with Crippen molar-refractivity contribution in [2.75, 3.05) is 13.7 Å². The highest BCUT2D eigenvalue weighted by Gasteiger charge is 2.11. The van der Waals surface area contributed by atoms with Crippen LogP contribution in [0.4, 0.5) is 0 Å². The molecule has 0 aliphatic carbocycles. The molecule has 5 heteroatoms. The van der Waals surface area contributed by atoms with Gasteiger partial charge in [-0.1, -0.05) is 0 Å². The smallest absolute Gasteiger partial charge is 0.338 e. The van der Waals surface area contributed by atoms with Crippen LogP contribution in [-0.4, -0.2) is 24.7 Å². The number of aromatic amines is 1. The molecule has 0 amide bonds. The summed E-state index contributed by atoms with van der Waals surface area (Å²) in [6, 6.07) is 6.97. The highest BCUT2D eigenvalue weighted by Crippen LogP contribution is 2.26. The first kappa shape index (κ1) is 11.0. The predicted molar refractivity (Wildman–Crippen MR) is 60.7 cm³/mol.